The smallest absolute Gasteiger partial charge is 0.240 e. The molecule has 1 N–H and O–H groups in total. The summed E-state index contributed by atoms with van der Waals surface area (Å²) in [5.41, 5.74) is 0.418. The molecule has 1 aromatic carbocycles. The minimum absolute atomic E-state index is 0.143. The van der Waals surface area contributed by atoms with Crippen LogP contribution in [0.5, 0.6) is 5.75 Å². The van der Waals surface area contributed by atoms with E-state index in [9.17, 15) is 8.42 Å². The van der Waals surface area contributed by atoms with E-state index in [2.05, 4.69) is 9.71 Å². The Kier molecular flexibility index (Phi) is 3.43. The molecule has 1 aromatic heterocycles. The number of nitrogens with zero attached hydrogens (tertiary/aromatic N) is 1. The van der Waals surface area contributed by atoms with Crippen LogP contribution >= 0.6 is 11.6 Å². The molecule has 0 spiro atoms. The maximum absolute atomic E-state index is 11.9. The molecule has 0 fully saturated rings. The van der Waals surface area contributed by atoms with Crippen molar-refractivity contribution in [3.63, 3.8) is 0 Å². The van der Waals surface area contributed by atoms with Crippen LogP contribution in [0.3, 0.4) is 0 Å². The van der Waals surface area contributed by atoms with Gasteiger partial charge < -0.3 is 4.74 Å². The topological polar surface area (TPSA) is 68.3 Å². The zero-order valence-corrected chi connectivity index (χ0v) is 11.3. The fourth-order valence-corrected chi connectivity index (χ4v) is 2.72. The SMILES string of the molecule is CNS(=O)(=O)c1ccc(OC)c2nc(Cl)ccc12. The molecule has 96 valence electrons. The fraction of sp³-hybridized carbons (Fsp3) is 0.182. The van der Waals surface area contributed by atoms with Crippen LogP contribution in [-0.2, 0) is 10.0 Å². The average Bonchev–Trinajstić information content (AvgIpc) is 2.37. The summed E-state index contributed by atoms with van der Waals surface area (Å²) in [6.45, 7) is 0. The largest absolute Gasteiger partial charge is 0.494 e. The van der Waals surface area contributed by atoms with Crippen LogP contribution in [0.15, 0.2) is 29.2 Å². The van der Waals surface area contributed by atoms with Gasteiger partial charge in [-0.05, 0) is 31.3 Å². The van der Waals surface area contributed by atoms with Gasteiger partial charge in [0.05, 0.1) is 12.0 Å². The Bertz CT molecular complexity index is 701. The van der Waals surface area contributed by atoms with Gasteiger partial charge in [-0.15, -0.1) is 0 Å². The van der Waals surface area contributed by atoms with Crippen molar-refractivity contribution in [2.45, 2.75) is 4.90 Å². The van der Waals surface area contributed by atoms with E-state index < -0.39 is 10.0 Å². The molecule has 0 aliphatic carbocycles. The Morgan fingerprint density at radius 1 is 1.28 bits per heavy atom. The molecule has 2 rings (SSSR count). The molecule has 7 heteroatoms. The Hall–Kier alpha value is -1.37. The predicted octanol–water partition coefficient (Wildman–Crippen LogP) is 1.80. The number of halogens is 1. The van der Waals surface area contributed by atoms with E-state index in [1.165, 1.54) is 26.3 Å². The summed E-state index contributed by atoms with van der Waals surface area (Å²) in [5.74, 6) is 0.475. The molecular formula is C11H11ClN2O3S. The third-order valence-electron chi connectivity index (χ3n) is 2.52. The van der Waals surface area contributed by atoms with Crippen molar-refractivity contribution in [3.8, 4) is 5.75 Å². The summed E-state index contributed by atoms with van der Waals surface area (Å²) >= 11 is 5.82. The Balaban J connectivity index is 2.88. The summed E-state index contributed by atoms with van der Waals surface area (Å²) in [7, 11) is -0.706. The number of fused-ring (bicyclic) bond motifs is 1. The van der Waals surface area contributed by atoms with Crippen molar-refractivity contribution in [1.82, 2.24) is 9.71 Å². The number of ether oxygens (including phenoxy) is 1. The average molecular weight is 287 g/mol. The van der Waals surface area contributed by atoms with E-state index in [1.807, 2.05) is 0 Å². The first kappa shape index (κ1) is 13.1. The zero-order chi connectivity index (χ0) is 13.3. The van der Waals surface area contributed by atoms with Gasteiger partial charge in [0.2, 0.25) is 10.0 Å². The van der Waals surface area contributed by atoms with E-state index in [1.54, 1.807) is 12.1 Å². The number of sulfonamides is 1. The second-order valence-corrected chi connectivity index (χ2v) is 5.75. The predicted molar refractivity (Wildman–Crippen MR) is 69.6 cm³/mol. The van der Waals surface area contributed by atoms with Crippen molar-refractivity contribution in [2.75, 3.05) is 14.2 Å². The quantitative estimate of drug-likeness (QED) is 0.874. The highest BCUT2D eigenvalue weighted by atomic mass is 35.5. The lowest BCUT2D eigenvalue weighted by Crippen LogP contribution is -2.19. The molecule has 1 heterocycles. The third kappa shape index (κ3) is 2.14. The first-order valence-corrected chi connectivity index (χ1v) is 6.92. The van der Waals surface area contributed by atoms with Crippen LogP contribution in [0.4, 0.5) is 0 Å². The van der Waals surface area contributed by atoms with E-state index in [0.29, 0.717) is 16.7 Å². The van der Waals surface area contributed by atoms with Gasteiger partial charge in [0.15, 0.2) is 0 Å². The van der Waals surface area contributed by atoms with Crippen LogP contribution in [0.2, 0.25) is 5.15 Å². The van der Waals surface area contributed by atoms with E-state index in [-0.39, 0.29) is 10.0 Å². The minimum atomic E-state index is -3.55. The number of methoxy groups -OCH3 is 1. The molecule has 5 nitrogen and oxygen atoms in total. The molecule has 2 aromatic rings. The van der Waals surface area contributed by atoms with Crippen molar-refractivity contribution >= 4 is 32.5 Å². The van der Waals surface area contributed by atoms with Gasteiger partial charge in [-0.1, -0.05) is 11.6 Å². The van der Waals surface area contributed by atoms with Gasteiger partial charge in [-0.25, -0.2) is 18.1 Å². The lowest BCUT2D eigenvalue weighted by Gasteiger charge is -2.10. The Morgan fingerprint density at radius 2 is 2.00 bits per heavy atom. The van der Waals surface area contributed by atoms with E-state index in [0.717, 1.165) is 0 Å². The molecule has 0 unspecified atom stereocenters. The lowest BCUT2D eigenvalue weighted by molar-refractivity contribution is 0.418. The maximum atomic E-state index is 11.9. The Morgan fingerprint density at radius 3 is 2.61 bits per heavy atom. The number of benzene rings is 1. The summed E-state index contributed by atoms with van der Waals surface area (Å²) in [5, 5.41) is 0.743. The molecule has 0 radical (unpaired) electrons. The van der Waals surface area contributed by atoms with Gasteiger partial charge >= 0.3 is 0 Å². The van der Waals surface area contributed by atoms with Gasteiger partial charge in [0, 0.05) is 5.39 Å². The summed E-state index contributed by atoms with van der Waals surface area (Å²) in [6.07, 6.45) is 0. The van der Waals surface area contributed by atoms with Crippen molar-refractivity contribution in [3.05, 3.63) is 29.4 Å². The number of nitrogens with one attached hydrogen (secondary N) is 1. The minimum Gasteiger partial charge on any atom is -0.494 e. The lowest BCUT2D eigenvalue weighted by atomic mass is 10.2. The van der Waals surface area contributed by atoms with E-state index in [4.69, 9.17) is 16.3 Å². The summed E-state index contributed by atoms with van der Waals surface area (Å²) < 4.78 is 31.2. The molecule has 0 amide bonds. The first-order chi connectivity index (χ1) is 8.49. The Labute approximate surface area is 110 Å². The number of rotatable bonds is 3. The van der Waals surface area contributed by atoms with Crippen LogP contribution in [0.1, 0.15) is 0 Å². The van der Waals surface area contributed by atoms with Crippen molar-refractivity contribution in [1.29, 1.82) is 0 Å². The highest BCUT2D eigenvalue weighted by Crippen LogP contribution is 2.30. The number of pyridine rings is 1. The third-order valence-corrected chi connectivity index (χ3v) is 4.21. The molecule has 0 aliphatic heterocycles. The van der Waals surface area contributed by atoms with Crippen LogP contribution in [-0.4, -0.2) is 27.6 Å². The van der Waals surface area contributed by atoms with Crippen LogP contribution in [0, 0.1) is 0 Å². The van der Waals surface area contributed by atoms with E-state index >= 15 is 0 Å². The molecule has 18 heavy (non-hydrogen) atoms. The van der Waals surface area contributed by atoms with Gasteiger partial charge in [0.1, 0.15) is 16.4 Å². The number of hydrogen-bond acceptors (Lipinski definition) is 4. The fourth-order valence-electron chi connectivity index (χ4n) is 1.65. The van der Waals surface area contributed by atoms with Crippen LogP contribution < -0.4 is 9.46 Å². The molecular weight excluding hydrogens is 276 g/mol. The second kappa shape index (κ2) is 4.72. The van der Waals surface area contributed by atoms with Crippen LogP contribution in [0.25, 0.3) is 10.9 Å². The molecule has 0 saturated carbocycles. The van der Waals surface area contributed by atoms with Gasteiger partial charge in [0.25, 0.3) is 0 Å². The standard InChI is InChI=1S/C11H11ClN2O3S/c1-13-18(15,16)9-5-4-8(17-2)11-7(9)3-6-10(12)14-11/h3-6,13H,1-2H3. The molecule has 0 aliphatic rings. The molecule has 0 saturated heterocycles. The second-order valence-electron chi connectivity index (χ2n) is 3.50. The van der Waals surface area contributed by atoms with Gasteiger partial charge in [-0.3, -0.25) is 0 Å². The zero-order valence-electron chi connectivity index (χ0n) is 9.77. The van der Waals surface area contributed by atoms with Crippen molar-refractivity contribution < 1.29 is 13.2 Å². The highest BCUT2D eigenvalue weighted by molar-refractivity contribution is 7.89. The number of hydrogen-bond donors (Lipinski definition) is 1. The highest BCUT2D eigenvalue weighted by Gasteiger charge is 2.18. The monoisotopic (exact) mass is 286 g/mol. The summed E-state index contributed by atoms with van der Waals surface area (Å²) in [6, 6.07) is 6.17. The number of aromatic nitrogens is 1. The molecule has 0 atom stereocenters. The van der Waals surface area contributed by atoms with Gasteiger partial charge in [-0.2, -0.15) is 0 Å². The molecule has 0 bridgehead atoms. The summed E-state index contributed by atoms with van der Waals surface area (Å²) in [4.78, 5) is 4.25. The van der Waals surface area contributed by atoms with Crippen molar-refractivity contribution in [2.24, 2.45) is 0 Å². The maximum Gasteiger partial charge on any atom is 0.240 e. The first-order valence-electron chi connectivity index (χ1n) is 5.06. The normalized spacial score (nSPS) is 11.7.